The fraction of sp³-hybridized carbons (Fsp3) is 0.533. The van der Waals surface area contributed by atoms with Crippen molar-refractivity contribution in [3.63, 3.8) is 0 Å². The Hall–Kier alpha value is -1.40. The van der Waals surface area contributed by atoms with Crippen molar-refractivity contribution in [1.29, 1.82) is 0 Å². The molecule has 0 saturated heterocycles. The highest BCUT2D eigenvalue weighted by Crippen LogP contribution is 2.27. The molecule has 1 aliphatic carbocycles. The Morgan fingerprint density at radius 1 is 1.24 bits per heavy atom. The minimum absolute atomic E-state index is 0.234. The van der Waals surface area contributed by atoms with Gasteiger partial charge in [0.2, 0.25) is 10.0 Å². The van der Waals surface area contributed by atoms with Crippen LogP contribution in [0, 0.1) is 19.8 Å². The van der Waals surface area contributed by atoms with Crippen LogP contribution in [0.25, 0.3) is 0 Å². The van der Waals surface area contributed by atoms with Gasteiger partial charge in [0, 0.05) is 6.04 Å². The van der Waals surface area contributed by atoms with E-state index in [1.807, 2.05) is 13.0 Å². The maximum atomic E-state index is 12.5. The summed E-state index contributed by atoms with van der Waals surface area (Å²) in [5, 5.41) is 9.24. The molecule has 5 nitrogen and oxygen atoms in total. The van der Waals surface area contributed by atoms with E-state index in [4.69, 9.17) is 0 Å². The molecule has 2 atom stereocenters. The van der Waals surface area contributed by atoms with Gasteiger partial charge in [-0.25, -0.2) is 13.1 Å². The van der Waals surface area contributed by atoms with E-state index in [0.717, 1.165) is 18.4 Å². The third kappa shape index (κ3) is 3.63. The van der Waals surface area contributed by atoms with Crippen LogP contribution in [-0.2, 0) is 14.8 Å². The van der Waals surface area contributed by atoms with Crippen LogP contribution in [0.3, 0.4) is 0 Å². The summed E-state index contributed by atoms with van der Waals surface area (Å²) in [5.41, 5.74) is 1.52. The van der Waals surface area contributed by atoms with Crippen LogP contribution in [-0.4, -0.2) is 25.5 Å². The molecule has 116 valence electrons. The average molecular weight is 311 g/mol. The normalized spacial score (nSPS) is 23.0. The van der Waals surface area contributed by atoms with Crippen molar-refractivity contribution >= 4 is 16.0 Å². The quantitative estimate of drug-likeness (QED) is 0.893. The maximum absolute atomic E-state index is 12.5. The molecule has 1 saturated carbocycles. The van der Waals surface area contributed by atoms with Gasteiger partial charge in [0.25, 0.3) is 0 Å². The molecule has 0 heterocycles. The Balaban J connectivity index is 2.27. The number of benzene rings is 1. The predicted octanol–water partition coefficient (Wildman–Crippen LogP) is 2.23. The van der Waals surface area contributed by atoms with Gasteiger partial charge in [-0.05, 0) is 43.9 Å². The Morgan fingerprint density at radius 3 is 2.57 bits per heavy atom. The number of rotatable bonds is 4. The molecule has 0 spiro atoms. The van der Waals surface area contributed by atoms with Crippen LogP contribution in [0.15, 0.2) is 23.1 Å². The fourth-order valence-electron chi connectivity index (χ4n) is 2.83. The summed E-state index contributed by atoms with van der Waals surface area (Å²) in [6.07, 6.45) is 2.78. The van der Waals surface area contributed by atoms with Gasteiger partial charge in [-0.1, -0.05) is 25.0 Å². The van der Waals surface area contributed by atoms with Gasteiger partial charge in [0.05, 0.1) is 10.8 Å². The molecule has 2 rings (SSSR count). The molecule has 6 heteroatoms. The first kappa shape index (κ1) is 16.0. The van der Waals surface area contributed by atoms with Crippen LogP contribution in [0.5, 0.6) is 0 Å². The second-order valence-corrected chi connectivity index (χ2v) is 7.41. The first-order valence-electron chi connectivity index (χ1n) is 7.13. The van der Waals surface area contributed by atoms with Gasteiger partial charge in [-0.2, -0.15) is 0 Å². The van der Waals surface area contributed by atoms with Gasteiger partial charge >= 0.3 is 5.97 Å². The lowest BCUT2D eigenvalue weighted by molar-refractivity contribution is -0.143. The number of aliphatic carboxylic acids is 1. The smallest absolute Gasteiger partial charge is 0.308 e. The summed E-state index contributed by atoms with van der Waals surface area (Å²) in [7, 11) is -3.69. The van der Waals surface area contributed by atoms with Crippen LogP contribution < -0.4 is 4.72 Å². The molecule has 2 N–H and O–H groups in total. The zero-order chi connectivity index (χ0) is 15.6. The number of aryl methyl sites for hydroxylation is 2. The molecule has 0 amide bonds. The number of hydrogen-bond acceptors (Lipinski definition) is 3. The van der Waals surface area contributed by atoms with E-state index in [-0.39, 0.29) is 4.90 Å². The lowest BCUT2D eigenvalue weighted by Gasteiger charge is -2.29. The molecular weight excluding hydrogens is 290 g/mol. The third-order valence-electron chi connectivity index (χ3n) is 4.02. The lowest BCUT2D eigenvalue weighted by Crippen LogP contribution is -2.45. The fourth-order valence-corrected chi connectivity index (χ4v) is 4.47. The molecule has 1 aliphatic rings. The first-order chi connectivity index (χ1) is 9.81. The SMILES string of the molecule is Cc1ccc(C)c(S(=O)(=O)NC2CCCCC2C(=O)O)c1. The largest absolute Gasteiger partial charge is 0.481 e. The van der Waals surface area contributed by atoms with Gasteiger partial charge in [-0.3, -0.25) is 4.79 Å². The van der Waals surface area contributed by atoms with Crippen molar-refractivity contribution < 1.29 is 18.3 Å². The highest BCUT2D eigenvalue weighted by molar-refractivity contribution is 7.89. The van der Waals surface area contributed by atoms with Gasteiger partial charge in [-0.15, -0.1) is 0 Å². The molecule has 0 radical (unpaired) electrons. The van der Waals surface area contributed by atoms with Crippen LogP contribution in [0.1, 0.15) is 36.8 Å². The predicted molar refractivity (Wildman–Crippen MR) is 79.6 cm³/mol. The van der Waals surface area contributed by atoms with E-state index in [1.54, 1.807) is 19.1 Å². The maximum Gasteiger partial charge on any atom is 0.308 e. The van der Waals surface area contributed by atoms with E-state index in [0.29, 0.717) is 18.4 Å². The second kappa shape index (κ2) is 6.15. The summed E-state index contributed by atoms with van der Waals surface area (Å²) in [6, 6.07) is 4.71. The second-order valence-electron chi connectivity index (χ2n) is 5.73. The van der Waals surface area contributed by atoms with E-state index in [9.17, 15) is 18.3 Å². The van der Waals surface area contributed by atoms with Crippen LogP contribution in [0.2, 0.25) is 0 Å². The molecule has 0 bridgehead atoms. The Bertz CT molecular complexity index is 639. The highest BCUT2D eigenvalue weighted by Gasteiger charge is 2.34. The standard InChI is InChI=1S/C15H21NO4S/c1-10-7-8-11(2)14(9-10)21(19,20)16-13-6-4-3-5-12(13)15(17)18/h7-9,12-13,16H,3-6H2,1-2H3,(H,17,18). The minimum Gasteiger partial charge on any atom is -0.481 e. The Kier molecular flexibility index (Phi) is 4.68. The van der Waals surface area contributed by atoms with E-state index in [1.165, 1.54) is 0 Å². The number of sulfonamides is 1. The van der Waals surface area contributed by atoms with Crippen LogP contribution in [0.4, 0.5) is 0 Å². The summed E-state index contributed by atoms with van der Waals surface area (Å²) >= 11 is 0. The molecular formula is C15H21NO4S. The van der Waals surface area contributed by atoms with Crippen molar-refractivity contribution in [2.45, 2.75) is 50.5 Å². The van der Waals surface area contributed by atoms with E-state index >= 15 is 0 Å². The van der Waals surface area contributed by atoms with E-state index < -0.39 is 28.0 Å². The zero-order valence-electron chi connectivity index (χ0n) is 12.3. The summed E-state index contributed by atoms with van der Waals surface area (Å²) < 4.78 is 27.7. The van der Waals surface area contributed by atoms with Crippen molar-refractivity contribution in [1.82, 2.24) is 4.72 Å². The highest BCUT2D eigenvalue weighted by atomic mass is 32.2. The zero-order valence-corrected chi connectivity index (χ0v) is 13.1. The monoisotopic (exact) mass is 311 g/mol. The average Bonchev–Trinajstić information content (AvgIpc) is 2.41. The molecule has 1 aromatic carbocycles. The summed E-state index contributed by atoms with van der Waals surface area (Å²) in [5.74, 6) is -1.57. The van der Waals surface area contributed by atoms with Crippen molar-refractivity contribution in [2.24, 2.45) is 5.92 Å². The summed E-state index contributed by atoms with van der Waals surface area (Å²) in [6.45, 7) is 3.57. The Labute approximate surface area is 125 Å². The number of carboxylic acids is 1. The van der Waals surface area contributed by atoms with Gasteiger partial charge in [0.15, 0.2) is 0 Å². The number of hydrogen-bond donors (Lipinski definition) is 2. The van der Waals surface area contributed by atoms with Gasteiger partial charge < -0.3 is 5.11 Å². The van der Waals surface area contributed by atoms with Crippen molar-refractivity contribution in [3.05, 3.63) is 29.3 Å². The molecule has 0 aliphatic heterocycles. The van der Waals surface area contributed by atoms with Gasteiger partial charge in [0.1, 0.15) is 0 Å². The molecule has 1 fully saturated rings. The topological polar surface area (TPSA) is 83.5 Å². The molecule has 1 aromatic rings. The number of carboxylic acid groups (broad SMARTS) is 1. The molecule has 0 aromatic heterocycles. The first-order valence-corrected chi connectivity index (χ1v) is 8.62. The number of carbonyl (C=O) groups is 1. The lowest BCUT2D eigenvalue weighted by atomic mass is 9.85. The van der Waals surface area contributed by atoms with E-state index in [2.05, 4.69) is 4.72 Å². The third-order valence-corrected chi connectivity index (χ3v) is 5.65. The Morgan fingerprint density at radius 2 is 1.90 bits per heavy atom. The van der Waals surface area contributed by atoms with Crippen molar-refractivity contribution in [3.8, 4) is 0 Å². The van der Waals surface area contributed by atoms with Crippen molar-refractivity contribution in [2.75, 3.05) is 0 Å². The summed E-state index contributed by atoms with van der Waals surface area (Å²) in [4.78, 5) is 11.5. The number of nitrogens with one attached hydrogen (secondary N) is 1. The molecule has 21 heavy (non-hydrogen) atoms. The van der Waals surface area contributed by atoms with Crippen LogP contribution >= 0.6 is 0 Å². The molecule has 2 unspecified atom stereocenters. The minimum atomic E-state index is -3.69.